The second kappa shape index (κ2) is 7.35. The van der Waals surface area contributed by atoms with E-state index in [1.807, 2.05) is 45.0 Å². The third kappa shape index (κ3) is 5.47. The number of carbonyl (C=O) groups excluding carboxylic acids is 1. The summed E-state index contributed by atoms with van der Waals surface area (Å²) in [5.41, 5.74) is 9.72. The van der Waals surface area contributed by atoms with Gasteiger partial charge in [-0.15, -0.1) is 0 Å². The van der Waals surface area contributed by atoms with Crippen molar-refractivity contribution in [1.82, 2.24) is 9.80 Å². The van der Waals surface area contributed by atoms with Crippen molar-refractivity contribution in [2.24, 2.45) is 5.11 Å². The first-order valence-corrected chi connectivity index (χ1v) is 7.72. The number of hydrogen-bond donors (Lipinski definition) is 0. The summed E-state index contributed by atoms with van der Waals surface area (Å²) in [5, 5.41) is 3.56. The van der Waals surface area contributed by atoms with E-state index in [9.17, 15) is 4.79 Å². The van der Waals surface area contributed by atoms with E-state index >= 15 is 0 Å². The van der Waals surface area contributed by atoms with Crippen LogP contribution in [0, 0.1) is 0 Å². The average Bonchev–Trinajstić information content (AvgIpc) is 2.48. The molecular formula is C16H23N5O2. The Bertz CT molecular complexity index is 579. The van der Waals surface area contributed by atoms with Crippen LogP contribution in [-0.2, 0) is 11.3 Å². The van der Waals surface area contributed by atoms with E-state index in [0.29, 0.717) is 18.8 Å². The third-order valence-corrected chi connectivity index (χ3v) is 3.53. The monoisotopic (exact) mass is 317 g/mol. The molecule has 1 fully saturated rings. The highest BCUT2D eigenvalue weighted by molar-refractivity contribution is 5.68. The van der Waals surface area contributed by atoms with Gasteiger partial charge in [-0.3, -0.25) is 4.90 Å². The molecule has 1 aromatic carbocycles. The molecule has 1 aromatic rings. The molecule has 124 valence electrons. The van der Waals surface area contributed by atoms with Gasteiger partial charge in [0.05, 0.1) is 0 Å². The number of ether oxygens (including phenoxy) is 1. The van der Waals surface area contributed by atoms with E-state index in [4.69, 9.17) is 10.3 Å². The zero-order valence-electron chi connectivity index (χ0n) is 13.9. The fraction of sp³-hybridized carbons (Fsp3) is 0.562. The lowest BCUT2D eigenvalue weighted by Crippen LogP contribution is -2.49. The molecular weight excluding hydrogens is 294 g/mol. The summed E-state index contributed by atoms with van der Waals surface area (Å²) in [6.45, 7) is 9.42. The van der Waals surface area contributed by atoms with Gasteiger partial charge in [0.25, 0.3) is 0 Å². The summed E-state index contributed by atoms with van der Waals surface area (Å²) < 4.78 is 5.40. The van der Waals surface area contributed by atoms with Gasteiger partial charge in [-0.2, -0.15) is 0 Å². The smallest absolute Gasteiger partial charge is 0.410 e. The maximum Gasteiger partial charge on any atom is 0.410 e. The number of carbonyl (C=O) groups is 1. The van der Waals surface area contributed by atoms with Gasteiger partial charge in [0.1, 0.15) is 5.60 Å². The predicted octanol–water partition coefficient (Wildman–Crippen LogP) is 3.68. The number of benzene rings is 1. The zero-order chi connectivity index (χ0) is 16.9. The van der Waals surface area contributed by atoms with E-state index < -0.39 is 5.60 Å². The number of nitrogens with zero attached hydrogens (tertiary/aromatic N) is 5. The van der Waals surface area contributed by atoms with Crippen LogP contribution >= 0.6 is 0 Å². The van der Waals surface area contributed by atoms with Crippen molar-refractivity contribution in [1.29, 1.82) is 0 Å². The quantitative estimate of drug-likeness (QED) is 0.484. The molecule has 0 unspecified atom stereocenters. The third-order valence-electron chi connectivity index (χ3n) is 3.53. The van der Waals surface area contributed by atoms with Gasteiger partial charge in [-0.1, -0.05) is 29.4 Å². The first-order valence-electron chi connectivity index (χ1n) is 7.72. The van der Waals surface area contributed by atoms with Crippen LogP contribution in [0.3, 0.4) is 0 Å². The second-order valence-corrected chi connectivity index (χ2v) is 6.60. The molecule has 0 spiro atoms. The fourth-order valence-electron chi connectivity index (χ4n) is 2.39. The van der Waals surface area contributed by atoms with Crippen LogP contribution in [-0.4, -0.2) is 47.7 Å². The summed E-state index contributed by atoms with van der Waals surface area (Å²) in [6, 6.07) is 7.55. The topological polar surface area (TPSA) is 81.5 Å². The molecule has 1 amide bonds. The van der Waals surface area contributed by atoms with Gasteiger partial charge in [-0.05, 0) is 31.9 Å². The summed E-state index contributed by atoms with van der Waals surface area (Å²) in [4.78, 5) is 18.8. The van der Waals surface area contributed by atoms with Gasteiger partial charge in [0.2, 0.25) is 0 Å². The summed E-state index contributed by atoms with van der Waals surface area (Å²) >= 11 is 0. The number of azide groups is 1. The molecule has 7 nitrogen and oxygen atoms in total. The Morgan fingerprint density at radius 2 is 1.83 bits per heavy atom. The molecule has 0 radical (unpaired) electrons. The minimum Gasteiger partial charge on any atom is -0.444 e. The lowest BCUT2D eigenvalue weighted by atomic mass is 10.2. The van der Waals surface area contributed by atoms with Gasteiger partial charge < -0.3 is 9.64 Å². The minimum absolute atomic E-state index is 0.240. The van der Waals surface area contributed by atoms with E-state index in [-0.39, 0.29) is 6.09 Å². The largest absolute Gasteiger partial charge is 0.444 e. The number of amides is 1. The first-order chi connectivity index (χ1) is 10.9. The van der Waals surface area contributed by atoms with Crippen molar-refractivity contribution in [3.63, 3.8) is 0 Å². The number of hydrogen-bond acceptors (Lipinski definition) is 4. The first kappa shape index (κ1) is 17.1. The zero-order valence-corrected chi connectivity index (χ0v) is 13.9. The number of piperazine rings is 1. The molecule has 1 aliphatic heterocycles. The van der Waals surface area contributed by atoms with Crippen molar-refractivity contribution in [3.05, 3.63) is 40.3 Å². The van der Waals surface area contributed by atoms with E-state index in [1.54, 1.807) is 4.90 Å². The van der Waals surface area contributed by atoms with Crippen molar-refractivity contribution in [2.45, 2.75) is 32.9 Å². The van der Waals surface area contributed by atoms with Crippen LogP contribution in [0.25, 0.3) is 10.4 Å². The van der Waals surface area contributed by atoms with Gasteiger partial charge >= 0.3 is 6.09 Å². The van der Waals surface area contributed by atoms with Crippen molar-refractivity contribution < 1.29 is 9.53 Å². The molecule has 0 aromatic heterocycles. The van der Waals surface area contributed by atoms with E-state index in [0.717, 1.165) is 25.2 Å². The van der Waals surface area contributed by atoms with E-state index in [1.165, 1.54) is 0 Å². The maximum atomic E-state index is 12.0. The molecule has 0 N–H and O–H groups in total. The van der Waals surface area contributed by atoms with E-state index in [2.05, 4.69) is 14.9 Å². The van der Waals surface area contributed by atoms with Gasteiger partial charge in [0, 0.05) is 43.3 Å². The standard InChI is InChI=1S/C16H23N5O2/c1-16(2,3)23-15(22)21-10-8-20(9-11-21)12-13-4-6-14(7-5-13)18-19-17/h4-7H,8-12H2,1-3H3. The van der Waals surface area contributed by atoms with Crippen molar-refractivity contribution >= 4 is 11.8 Å². The summed E-state index contributed by atoms with van der Waals surface area (Å²) in [5.74, 6) is 0. The Hall–Kier alpha value is -2.24. The molecule has 1 heterocycles. The van der Waals surface area contributed by atoms with Gasteiger partial charge in [-0.25, -0.2) is 4.79 Å². The SMILES string of the molecule is CC(C)(C)OC(=O)N1CCN(Cc2ccc(N=[N+]=[N-])cc2)CC1. The Labute approximate surface area is 136 Å². The molecule has 1 saturated heterocycles. The van der Waals surface area contributed by atoms with Crippen molar-refractivity contribution in [2.75, 3.05) is 26.2 Å². The van der Waals surface area contributed by atoms with Crippen LogP contribution in [0.15, 0.2) is 29.4 Å². The van der Waals surface area contributed by atoms with Crippen LogP contribution in [0.2, 0.25) is 0 Å². The fourth-order valence-corrected chi connectivity index (χ4v) is 2.39. The van der Waals surface area contributed by atoms with Crippen LogP contribution < -0.4 is 0 Å². The molecule has 0 atom stereocenters. The molecule has 7 heteroatoms. The molecule has 2 rings (SSSR count). The molecule has 0 bridgehead atoms. The highest BCUT2D eigenvalue weighted by Gasteiger charge is 2.25. The average molecular weight is 317 g/mol. The summed E-state index contributed by atoms with van der Waals surface area (Å²) in [7, 11) is 0. The lowest BCUT2D eigenvalue weighted by molar-refractivity contribution is 0.0139. The number of rotatable bonds is 3. The molecule has 23 heavy (non-hydrogen) atoms. The van der Waals surface area contributed by atoms with Crippen LogP contribution in [0.1, 0.15) is 26.3 Å². The summed E-state index contributed by atoms with van der Waals surface area (Å²) in [6.07, 6.45) is -0.240. The Morgan fingerprint density at radius 3 is 2.35 bits per heavy atom. The van der Waals surface area contributed by atoms with Crippen molar-refractivity contribution in [3.8, 4) is 0 Å². The highest BCUT2D eigenvalue weighted by atomic mass is 16.6. The Balaban J connectivity index is 1.82. The van der Waals surface area contributed by atoms with Gasteiger partial charge in [0.15, 0.2) is 0 Å². The highest BCUT2D eigenvalue weighted by Crippen LogP contribution is 2.16. The van der Waals surface area contributed by atoms with Crippen LogP contribution in [0.5, 0.6) is 0 Å². The second-order valence-electron chi connectivity index (χ2n) is 6.60. The molecule has 0 saturated carbocycles. The Kier molecular flexibility index (Phi) is 5.47. The van der Waals surface area contributed by atoms with Crippen LogP contribution in [0.4, 0.5) is 10.5 Å². The molecule has 0 aliphatic carbocycles. The normalized spacial score (nSPS) is 15.9. The Morgan fingerprint density at radius 1 is 1.22 bits per heavy atom. The minimum atomic E-state index is -0.456. The molecule has 1 aliphatic rings. The predicted molar refractivity (Wildman–Crippen MR) is 88.3 cm³/mol. The lowest BCUT2D eigenvalue weighted by Gasteiger charge is -2.35. The maximum absolute atomic E-state index is 12.0.